The molecule has 19 heavy (non-hydrogen) atoms. The van der Waals surface area contributed by atoms with E-state index in [0.717, 1.165) is 25.1 Å². The number of alkyl halides is 3. The van der Waals surface area contributed by atoms with Gasteiger partial charge in [-0.25, -0.2) is 4.98 Å². The van der Waals surface area contributed by atoms with Crippen molar-refractivity contribution in [3.05, 3.63) is 23.4 Å². The summed E-state index contributed by atoms with van der Waals surface area (Å²) in [6.45, 7) is 3.85. The molecule has 1 aromatic heterocycles. The van der Waals surface area contributed by atoms with Gasteiger partial charge >= 0.3 is 6.18 Å². The largest absolute Gasteiger partial charge is 0.433 e. The van der Waals surface area contributed by atoms with Gasteiger partial charge in [0.15, 0.2) is 0 Å². The van der Waals surface area contributed by atoms with E-state index in [0.29, 0.717) is 13.1 Å². The maximum atomic E-state index is 12.5. The molecule has 0 amide bonds. The lowest BCUT2D eigenvalue weighted by molar-refractivity contribution is -0.141. The molecule has 0 radical (unpaired) electrons. The van der Waals surface area contributed by atoms with E-state index in [9.17, 15) is 13.2 Å². The maximum Gasteiger partial charge on any atom is 0.433 e. The van der Waals surface area contributed by atoms with Gasteiger partial charge in [-0.2, -0.15) is 18.4 Å². The van der Waals surface area contributed by atoms with Crippen molar-refractivity contribution < 1.29 is 13.2 Å². The van der Waals surface area contributed by atoms with Gasteiger partial charge < -0.3 is 10.6 Å². The molecule has 0 aliphatic carbocycles. The average Bonchev–Trinajstić information content (AvgIpc) is 2.37. The SMILES string of the molecule is CCCNCCNc1nc(C(F)(F)F)ccc1C#N. The van der Waals surface area contributed by atoms with Crippen molar-refractivity contribution in [3.8, 4) is 6.07 Å². The van der Waals surface area contributed by atoms with Crippen molar-refractivity contribution in [2.75, 3.05) is 25.0 Å². The molecule has 1 heterocycles. The lowest BCUT2D eigenvalue weighted by Crippen LogP contribution is -2.23. The second-order valence-corrected chi connectivity index (χ2v) is 3.88. The quantitative estimate of drug-likeness (QED) is 0.781. The Kier molecular flexibility index (Phi) is 5.57. The minimum absolute atomic E-state index is 0.0318. The van der Waals surface area contributed by atoms with Crippen molar-refractivity contribution in [1.82, 2.24) is 10.3 Å². The number of nitrogens with one attached hydrogen (secondary N) is 2. The number of hydrogen-bond donors (Lipinski definition) is 2. The van der Waals surface area contributed by atoms with Crippen LogP contribution in [0.3, 0.4) is 0 Å². The molecular formula is C12H15F3N4. The Morgan fingerprint density at radius 3 is 2.58 bits per heavy atom. The van der Waals surface area contributed by atoms with E-state index in [-0.39, 0.29) is 11.4 Å². The van der Waals surface area contributed by atoms with Gasteiger partial charge in [-0.15, -0.1) is 0 Å². The van der Waals surface area contributed by atoms with Crippen LogP contribution in [0.5, 0.6) is 0 Å². The lowest BCUT2D eigenvalue weighted by atomic mass is 10.2. The molecule has 0 fully saturated rings. The fraction of sp³-hybridized carbons (Fsp3) is 0.500. The van der Waals surface area contributed by atoms with Crippen molar-refractivity contribution >= 4 is 5.82 Å². The number of anilines is 1. The molecule has 0 aliphatic heterocycles. The zero-order valence-corrected chi connectivity index (χ0v) is 10.5. The van der Waals surface area contributed by atoms with E-state index in [1.165, 1.54) is 0 Å². The Morgan fingerprint density at radius 2 is 2.00 bits per heavy atom. The van der Waals surface area contributed by atoms with Crippen molar-refractivity contribution in [2.45, 2.75) is 19.5 Å². The molecule has 0 aliphatic rings. The molecule has 7 heteroatoms. The molecule has 4 nitrogen and oxygen atoms in total. The van der Waals surface area contributed by atoms with Crippen LogP contribution in [-0.4, -0.2) is 24.6 Å². The number of aromatic nitrogens is 1. The molecule has 1 aromatic rings. The Bertz CT molecular complexity index is 451. The third kappa shape index (κ3) is 4.75. The minimum Gasteiger partial charge on any atom is -0.368 e. The zero-order chi connectivity index (χ0) is 14.3. The third-order valence-corrected chi connectivity index (χ3v) is 2.33. The summed E-state index contributed by atoms with van der Waals surface area (Å²) in [5.74, 6) is -0.0318. The molecule has 0 bridgehead atoms. The highest BCUT2D eigenvalue weighted by atomic mass is 19.4. The molecule has 104 valence electrons. The van der Waals surface area contributed by atoms with Gasteiger partial charge in [-0.05, 0) is 25.1 Å². The van der Waals surface area contributed by atoms with Crippen LogP contribution < -0.4 is 10.6 Å². The average molecular weight is 272 g/mol. The highest BCUT2D eigenvalue weighted by Crippen LogP contribution is 2.29. The topological polar surface area (TPSA) is 60.7 Å². The van der Waals surface area contributed by atoms with E-state index < -0.39 is 11.9 Å². The number of pyridine rings is 1. The highest BCUT2D eigenvalue weighted by Gasteiger charge is 2.33. The van der Waals surface area contributed by atoms with Crippen LogP contribution in [0.15, 0.2) is 12.1 Å². The van der Waals surface area contributed by atoms with Crippen molar-refractivity contribution in [2.24, 2.45) is 0 Å². The predicted octanol–water partition coefficient (Wildman–Crippen LogP) is 2.38. The Labute approximate surface area is 109 Å². The molecule has 1 rings (SSSR count). The monoisotopic (exact) mass is 272 g/mol. The van der Waals surface area contributed by atoms with Crippen molar-refractivity contribution in [1.29, 1.82) is 5.26 Å². The summed E-state index contributed by atoms with van der Waals surface area (Å²) in [6, 6.07) is 3.74. The van der Waals surface area contributed by atoms with E-state index in [1.54, 1.807) is 0 Å². The van der Waals surface area contributed by atoms with Gasteiger partial charge in [-0.1, -0.05) is 6.92 Å². The van der Waals surface area contributed by atoms with Crippen LogP contribution in [0, 0.1) is 11.3 Å². The normalized spacial score (nSPS) is 11.1. The van der Waals surface area contributed by atoms with E-state index >= 15 is 0 Å². The van der Waals surface area contributed by atoms with Gasteiger partial charge in [0.1, 0.15) is 17.6 Å². The number of rotatable bonds is 6. The lowest BCUT2D eigenvalue weighted by Gasteiger charge is -2.11. The first-order valence-electron chi connectivity index (χ1n) is 5.92. The summed E-state index contributed by atoms with van der Waals surface area (Å²) >= 11 is 0. The Hall–Kier alpha value is -1.81. The van der Waals surface area contributed by atoms with Gasteiger partial charge in [0, 0.05) is 13.1 Å². The molecule has 0 aromatic carbocycles. The number of nitriles is 1. The van der Waals surface area contributed by atoms with Crippen LogP contribution in [0.2, 0.25) is 0 Å². The minimum atomic E-state index is -4.51. The summed E-state index contributed by atoms with van der Waals surface area (Å²) in [5.41, 5.74) is -0.904. The second-order valence-electron chi connectivity index (χ2n) is 3.88. The first kappa shape index (κ1) is 15.2. The summed E-state index contributed by atoms with van der Waals surface area (Å²) < 4.78 is 37.5. The van der Waals surface area contributed by atoms with Crippen LogP contribution >= 0.6 is 0 Å². The van der Waals surface area contributed by atoms with Crippen LogP contribution in [0.4, 0.5) is 19.0 Å². The van der Waals surface area contributed by atoms with E-state index in [1.807, 2.05) is 13.0 Å². The first-order valence-corrected chi connectivity index (χ1v) is 5.92. The number of nitrogens with zero attached hydrogens (tertiary/aromatic N) is 2. The second kappa shape index (κ2) is 6.95. The molecule has 2 N–H and O–H groups in total. The molecular weight excluding hydrogens is 257 g/mol. The number of halogens is 3. The predicted molar refractivity (Wildman–Crippen MR) is 65.6 cm³/mol. The Balaban J connectivity index is 2.72. The molecule has 0 unspecified atom stereocenters. The van der Waals surface area contributed by atoms with Gasteiger partial charge in [0.25, 0.3) is 0 Å². The Morgan fingerprint density at radius 1 is 1.26 bits per heavy atom. The van der Waals surface area contributed by atoms with Crippen LogP contribution in [0.1, 0.15) is 24.6 Å². The van der Waals surface area contributed by atoms with Crippen molar-refractivity contribution in [3.63, 3.8) is 0 Å². The highest BCUT2D eigenvalue weighted by molar-refractivity contribution is 5.52. The zero-order valence-electron chi connectivity index (χ0n) is 10.5. The van der Waals surface area contributed by atoms with E-state index in [2.05, 4.69) is 15.6 Å². The fourth-order valence-electron chi connectivity index (χ4n) is 1.41. The standard InChI is InChI=1S/C12H15F3N4/c1-2-5-17-6-7-18-11-9(8-16)3-4-10(19-11)12(13,14)15/h3-4,17H,2,5-7H2,1H3,(H,18,19). The summed E-state index contributed by atoms with van der Waals surface area (Å²) in [7, 11) is 0. The molecule has 0 spiro atoms. The van der Waals surface area contributed by atoms with E-state index in [4.69, 9.17) is 5.26 Å². The first-order chi connectivity index (χ1) is 8.99. The smallest absolute Gasteiger partial charge is 0.368 e. The van der Waals surface area contributed by atoms with Gasteiger partial charge in [0.05, 0.1) is 5.56 Å². The molecule has 0 saturated carbocycles. The van der Waals surface area contributed by atoms with Crippen LogP contribution in [-0.2, 0) is 6.18 Å². The fourth-order valence-corrected chi connectivity index (χ4v) is 1.41. The molecule has 0 saturated heterocycles. The number of hydrogen-bond acceptors (Lipinski definition) is 4. The summed E-state index contributed by atoms with van der Waals surface area (Å²) in [4.78, 5) is 3.45. The van der Waals surface area contributed by atoms with Gasteiger partial charge in [-0.3, -0.25) is 0 Å². The maximum absolute atomic E-state index is 12.5. The van der Waals surface area contributed by atoms with Crippen LogP contribution in [0.25, 0.3) is 0 Å². The summed E-state index contributed by atoms with van der Waals surface area (Å²) in [6.07, 6.45) is -3.53. The van der Waals surface area contributed by atoms with Gasteiger partial charge in [0.2, 0.25) is 0 Å². The molecule has 0 atom stereocenters. The third-order valence-electron chi connectivity index (χ3n) is 2.33. The summed E-state index contributed by atoms with van der Waals surface area (Å²) in [5, 5.41) is 14.7.